The van der Waals surface area contributed by atoms with Gasteiger partial charge in [-0.1, -0.05) is 6.42 Å². The number of aliphatic hydroxyl groups is 1. The van der Waals surface area contributed by atoms with Gasteiger partial charge in [-0.25, -0.2) is 0 Å². The van der Waals surface area contributed by atoms with Gasteiger partial charge in [0.15, 0.2) is 0 Å². The number of hydrogen-bond donors (Lipinski definition) is 2. The summed E-state index contributed by atoms with van der Waals surface area (Å²) in [6.07, 6.45) is 4.86. The molecule has 1 heterocycles. The van der Waals surface area contributed by atoms with E-state index in [0.717, 1.165) is 32.1 Å². The maximum absolute atomic E-state index is 9.56. The second-order valence-corrected chi connectivity index (χ2v) is 4.97. The van der Waals surface area contributed by atoms with Gasteiger partial charge in [-0.15, -0.1) is 0 Å². The van der Waals surface area contributed by atoms with Crippen molar-refractivity contribution in [2.45, 2.75) is 43.7 Å². The first-order chi connectivity index (χ1) is 7.79. The van der Waals surface area contributed by atoms with Crippen LogP contribution in [0, 0.1) is 17.2 Å². The van der Waals surface area contributed by atoms with E-state index in [1.807, 2.05) is 0 Å². The van der Waals surface area contributed by atoms with Crippen molar-refractivity contribution in [3.63, 3.8) is 0 Å². The van der Waals surface area contributed by atoms with E-state index in [1.165, 1.54) is 0 Å². The summed E-state index contributed by atoms with van der Waals surface area (Å²) in [7, 11) is 0. The molecule has 0 radical (unpaired) electrons. The van der Waals surface area contributed by atoms with E-state index < -0.39 is 0 Å². The molecule has 1 aliphatic heterocycles. The molecule has 4 nitrogen and oxygen atoms in total. The number of ether oxygens (including phenoxy) is 1. The molecule has 90 valence electrons. The number of aliphatic hydroxyl groups excluding tert-OH is 1. The van der Waals surface area contributed by atoms with Crippen LogP contribution in [0.2, 0.25) is 0 Å². The molecule has 1 aliphatic carbocycles. The van der Waals surface area contributed by atoms with E-state index in [1.54, 1.807) is 0 Å². The van der Waals surface area contributed by atoms with Crippen molar-refractivity contribution < 1.29 is 9.84 Å². The molecule has 0 aromatic heterocycles. The molecular formula is C12H20N2O2. The summed E-state index contributed by atoms with van der Waals surface area (Å²) >= 11 is 0. The molecule has 2 aliphatic rings. The Morgan fingerprint density at radius 2 is 2.12 bits per heavy atom. The fourth-order valence-electron chi connectivity index (χ4n) is 2.79. The number of nitrogens with one attached hydrogen (secondary N) is 1. The second kappa shape index (κ2) is 5.13. The Morgan fingerprint density at radius 3 is 2.75 bits per heavy atom. The van der Waals surface area contributed by atoms with Crippen LogP contribution in [0.1, 0.15) is 32.1 Å². The first kappa shape index (κ1) is 11.8. The molecule has 1 saturated heterocycles. The van der Waals surface area contributed by atoms with Crippen LogP contribution in [-0.2, 0) is 4.74 Å². The number of rotatable bonds is 3. The van der Waals surface area contributed by atoms with Gasteiger partial charge in [-0.3, -0.25) is 0 Å². The summed E-state index contributed by atoms with van der Waals surface area (Å²) in [6, 6.07) is 2.63. The highest BCUT2D eigenvalue weighted by Gasteiger charge is 2.37. The average molecular weight is 224 g/mol. The lowest BCUT2D eigenvalue weighted by atomic mass is 9.88. The molecule has 2 N–H and O–H groups in total. The molecule has 2 unspecified atom stereocenters. The van der Waals surface area contributed by atoms with Crippen molar-refractivity contribution in [3.05, 3.63) is 0 Å². The second-order valence-electron chi connectivity index (χ2n) is 4.97. The Hall–Kier alpha value is -0.630. The third-order valence-corrected chi connectivity index (χ3v) is 3.93. The zero-order chi connectivity index (χ0) is 11.4. The van der Waals surface area contributed by atoms with Crippen LogP contribution >= 0.6 is 0 Å². The van der Waals surface area contributed by atoms with Gasteiger partial charge in [0.05, 0.1) is 18.6 Å². The lowest BCUT2D eigenvalue weighted by Gasteiger charge is -2.39. The molecule has 0 amide bonds. The first-order valence-electron chi connectivity index (χ1n) is 6.16. The highest BCUT2D eigenvalue weighted by Crippen LogP contribution is 2.29. The summed E-state index contributed by atoms with van der Waals surface area (Å²) in [5.41, 5.74) is -0.206. The molecular weight excluding hydrogens is 204 g/mol. The molecule has 0 bridgehead atoms. The van der Waals surface area contributed by atoms with E-state index in [0.29, 0.717) is 13.2 Å². The van der Waals surface area contributed by atoms with Gasteiger partial charge in [0.1, 0.15) is 0 Å². The van der Waals surface area contributed by atoms with Gasteiger partial charge in [-0.05, 0) is 25.7 Å². The largest absolute Gasteiger partial charge is 0.394 e. The number of nitriles is 1. The van der Waals surface area contributed by atoms with Crippen molar-refractivity contribution >= 4 is 0 Å². The fraction of sp³-hybridized carbons (Fsp3) is 0.917. The van der Waals surface area contributed by atoms with Crippen molar-refractivity contribution in [2.24, 2.45) is 5.92 Å². The Labute approximate surface area is 96.6 Å². The van der Waals surface area contributed by atoms with E-state index in [4.69, 9.17) is 10.00 Å². The van der Waals surface area contributed by atoms with Crippen LogP contribution in [0.3, 0.4) is 0 Å². The quantitative estimate of drug-likeness (QED) is 0.744. The van der Waals surface area contributed by atoms with Crippen molar-refractivity contribution in [3.8, 4) is 6.07 Å². The highest BCUT2D eigenvalue weighted by atomic mass is 16.5. The molecule has 4 heteroatoms. The summed E-state index contributed by atoms with van der Waals surface area (Å²) in [5, 5.41) is 22.1. The summed E-state index contributed by atoms with van der Waals surface area (Å²) in [6.45, 7) is 1.56. The Bertz CT molecular complexity index is 269. The molecule has 0 spiro atoms. The van der Waals surface area contributed by atoms with Crippen LogP contribution in [-0.4, -0.2) is 36.5 Å². The first-order valence-corrected chi connectivity index (χ1v) is 6.16. The predicted octanol–water partition coefficient (Wildman–Crippen LogP) is 0.810. The standard InChI is InChI=1S/C12H20N2O2/c13-8-10-2-1-3-11(10)14-12(9-15)4-6-16-7-5-12/h10-11,14-15H,1-7,9H2. The Balaban J connectivity index is 1.98. The van der Waals surface area contributed by atoms with Gasteiger partial charge in [0.2, 0.25) is 0 Å². The van der Waals surface area contributed by atoms with Crippen molar-refractivity contribution in [1.82, 2.24) is 5.32 Å². The molecule has 2 atom stereocenters. The molecule has 1 saturated carbocycles. The predicted molar refractivity (Wildman–Crippen MR) is 59.7 cm³/mol. The van der Waals surface area contributed by atoms with Gasteiger partial charge < -0.3 is 15.2 Å². The third kappa shape index (κ3) is 2.37. The maximum Gasteiger partial charge on any atom is 0.0672 e. The lowest BCUT2D eigenvalue weighted by Crippen LogP contribution is -2.56. The average Bonchev–Trinajstić information content (AvgIpc) is 2.77. The SMILES string of the molecule is N#CC1CCCC1NC1(CO)CCOCC1. The Kier molecular flexibility index (Phi) is 3.80. The van der Waals surface area contributed by atoms with Gasteiger partial charge in [0, 0.05) is 24.8 Å². The monoisotopic (exact) mass is 224 g/mol. The molecule has 2 fully saturated rings. The maximum atomic E-state index is 9.56. The van der Waals surface area contributed by atoms with Crippen LogP contribution in [0.5, 0.6) is 0 Å². The molecule has 16 heavy (non-hydrogen) atoms. The molecule has 2 rings (SSSR count). The number of nitrogens with zero attached hydrogens (tertiary/aromatic N) is 1. The zero-order valence-electron chi connectivity index (χ0n) is 9.61. The van der Waals surface area contributed by atoms with Gasteiger partial charge in [0.25, 0.3) is 0 Å². The molecule has 0 aromatic carbocycles. The fourth-order valence-corrected chi connectivity index (χ4v) is 2.79. The van der Waals surface area contributed by atoms with Crippen LogP contribution in [0.4, 0.5) is 0 Å². The minimum Gasteiger partial charge on any atom is -0.394 e. The van der Waals surface area contributed by atoms with Crippen LogP contribution in [0.15, 0.2) is 0 Å². The highest BCUT2D eigenvalue weighted by molar-refractivity contribution is 5.01. The van der Waals surface area contributed by atoms with Gasteiger partial charge >= 0.3 is 0 Å². The van der Waals surface area contributed by atoms with Crippen LogP contribution < -0.4 is 5.32 Å². The normalized spacial score (nSPS) is 33.5. The van der Waals surface area contributed by atoms with Crippen LogP contribution in [0.25, 0.3) is 0 Å². The summed E-state index contributed by atoms with van der Waals surface area (Å²) < 4.78 is 5.33. The van der Waals surface area contributed by atoms with E-state index in [2.05, 4.69) is 11.4 Å². The Morgan fingerprint density at radius 1 is 1.38 bits per heavy atom. The van der Waals surface area contributed by atoms with E-state index in [9.17, 15) is 5.11 Å². The van der Waals surface area contributed by atoms with E-state index in [-0.39, 0.29) is 24.1 Å². The molecule has 0 aromatic rings. The smallest absolute Gasteiger partial charge is 0.0672 e. The lowest BCUT2D eigenvalue weighted by molar-refractivity contribution is 0.00550. The topological polar surface area (TPSA) is 65.3 Å². The third-order valence-electron chi connectivity index (χ3n) is 3.93. The van der Waals surface area contributed by atoms with Crippen molar-refractivity contribution in [1.29, 1.82) is 5.26 Å². The summed E-state index contributed by atoms with van der Waals surface area (Å²) in [4.78, 5) is 0. The zero-order valence-corrected chi connectivity index (χ0v) is 9.61. The van der Waals surface area contributed by atoms with Gasteiger partial charge in [-0.2, -0.15) is 5.26 Å². The van der Waals surface area contributed by atoms with E-state index >= 15 is 0 Å². The minimum absolute atomic E-state index is 0.117. The van der Waals surface area contributed by atoms with Crippen molar-refractivity contribution in [2.75, 3.05) is 19.8 Å². The number of hydrogen-bond acceptors (Lipinski definition) is 4. The summed E-state index contributed by atoms with van der Waals surface area (Å²) in [5.74, 6) is 0.117. The minimum atomic E-state index is -0.206.